The second-order valence-corrected chi connectivity index (χ2v) is 3.01. The van der Waals surface area contributed by atoms with E-state index in [4.69, 9.17) is 0 Å². The Morgan fingerprint density at radius 2 is 1.60 bits per heavy atom. The van der Waals surface area contributed by atoms with Crippen molar-refractivity contribution in [2.75, 3.05) is 20.1 Å². The van der Waals surface area contributed by atoms with Crippen molar-refractivity contribution < 1.29 is 27.6 Å². The molecule has 0 unspecified atom stereocenters. The lowest BCUT2D eigenvalue weighted by molar-refractivity contribution is -0.188. The van der Waals surface area contributed by atoms with Gasteiger partial charge in [-0.25, -0.2) is 0 Å². The number of alkyl halides is 3. The predicted octanol–water partition coefficient (Wildman–Crippen LogP) is -0.624. The molecule has 5 nitrogen and oxygen atoms in total. The maximum Gasteiger partial charge on any atom is 0.471 e. The Bertz CT molecular complexity index is 308. The second-order valence-electron chi connectivity index (χ2n) is 3.01. The molecule has 1 fully saturated rings. The first-order chi connectivity index (χ1) is 6.73. The Hall–Kier alpha value is -1.60. The molecule has 0 atom stereocenters. The molecular formula is C7H7F3N2O3. The van der Waals surface area contributed by atoms with Gasteiger partial charge in [-0.3, -0.25) is 19.3 Å². The zero-order valence-electron chi connectivity index (χ0n) is 7.67. The van der Waals surface area contributed by atoms with Crippen LogP contribution in [-0.2, 0) is 14.4 Å². The van der Waals surface area contributed by atoms with Crippen molar-refractivity contribution in [2.45, 2.75) is 6.18 Å². The molecule has 15 heavy (non-hydrogen) atoms. The molecule has 1 aliphatic rings. The topological polar surface area (TPSA) is 57.7 Å². The highest BCUT2D eigenvalue weighted by Crippen LogP contribution is 2.19. The molecule has 1 aliphatic heterocycles. The van der Waals surface area contributed by atoms with Gasteiger partial charge >= 0.3 is 12.1 Å². The fraction of sp³-hybridized carbons (Fsp3) is 0.571. The van der Waals surface area contributed by atoms with E-state index in [1.165, 1.54) is 0 Å². The SMILES string of the molecule is CN1C(=O)CN(C(=O)C(F)(F)F)CC1=O. The van der Waals surface area contributed by atoms with E-state index in [1.54, 1.807) is 0 Å². The number of carbonyl (C=O) groups excluding carboxylic acids is 3. The second kappa shape index (κ2) is 3.52. The average Bonchev–Trinajstić information content (AvgIpc) is 2.10. The summed E-state index contributed by atoms with van der Waals surface area (Å²) < 4.78 is 35.9. The summed E-state index contributed by atoms with van der Waals surface area (Å²) >= 11 is 0. The van der Waals surface area contributed by atoms with Crippen LogP contribution in [0.1, 0.15) is 0 Å². The van der Waals surface area contributed by atoms with Crippen LogP contribution in [0.15, 0.2) is 0 Å². The lowest BCUT2D eigenvalue weighted by atomic mass is 10.3. The fourth-order valence-electron chi connectivity index (χ4n) is 1.06. The van der Waals surface area contributed by atoms with Crippen LogP contribution in [0.2, 0.25) is 0 Å². The summed E-state index contributed by atoms with van der Waals surface area (Å²) in [6, 6.07) is 0. The van der Waals surface area contributed by atoms with Crippen molar-refractivity contribution >= 4 is 17.7 Å². The standard InChI is InChI=1S/C7H7F3N2O3/c1-11-4(13)2-12(3-5(11)14)6(15)7(8,9)10/h2-3H2,1H3. The minimum Gasteiger partial charge on any atom is -0.316 e. The van der Waals surface area contributed by atoms with Crippen LogP contribution >= 0.6 is 0 Å². The molecule has 0 aromatic heterocycles. The number of hydrogen-bond acceptors (Lipinski definition) is 3. The number of piperazine rings is 1. The van der Waals surface area contributed by atoms with Crippen LogP contribution in [-0.4, -0.2) is 53.8 Å². The molecule has 84 valence electrons. The Morgan fingerprint density at radius 3 is 1.93 bits per heavy atom. The average molecular weight is 224 g/mol. The Labute approximate surface area is 82.4 Å². The van der Waals surface area contributed by atoms with Gasteiger partial charge in [0.05, 0.1) is 0 Å². The fourth-order valence-corrected chi connectivity index (χ4v) is 1.06. The van der Waals surface area contributed by atoms with Gasteiger partial charge in [-0.2, -0.15) is 13.2 Å². The van der Waals surface area contributed by atoms with Gasteiger partial charge in [0, 0.05) is 7.05 Å². The van der Waals surface area contributed by atoms with Crippen LogP contribution < -0.4 is 0 Å². The van der Waals surface area contributed by atoms with Crippen LogP contribution in [0.5, 0.6) is 0 Å². The summed E-state index contributed by atoms with van der Waals surface area (Å²) in [6.07, 6.45) is -5.06. The van der Waals surface area contributed by atoms with E-state index in [1.807, 2.05) is 0 Å². The van der Waals surface area contributed by atoms with Gasteiger partial charge < -0.3 is 4.90 Å². The van der Waals surface area contributed by atoms with Crippen molar-refractivity contribution in [3.8, 4) is 0 Å². The van der Waals surface area contributed by atoms with Crippen LogP contribution in [0, 0.1) is 0 Å². The van der Waals surface area contributed by atoms with Crippen LogP contribution in [0.4, 0.5) is 13.2 Å². The van der Waals surface area contributed by atoms with Gasteiger partial charge in [-0.1, -0.05) is 0 Å². The van der Waals surface area contributed by atoms with E-state index >= 15 is 0 Å². The van der Waals surface area contributed by atoms with Crippen LogP contribution in [0.3, 0.4) is 0 Å². The molecule has 3 amide bonds. The van der Waals surface area contributed by atoms with Crippen LogP contribution in [0.25, 0.3) is 0 Å². The summed E-state index contributed by atoms with van der Waals surface area (Å²) in [5, 5.41) is 0. The number of likely N-dealkylation sites (N-methyl/N-ethyl adjacent to an activating group) is 1. The van der Waals surface area contributed by atoms with E-state index in [2.05, 4.69) is 0 Å². The first-order valence-corrected chi connectivity index (χ1v) is 3.89. The van der Waals surface area contributed by atoms with E-state index in [0.29, 0.717) is 4.90 Å². The maximum atomic E-state index is 12.0. The number of carbonyl (C=O) groups is 3. The zero-order chi connectivity index (χ0) is 11.8. The zero-order valence-corrected chi connectivity index (χ0v) is 7.67. The molecule has 0 spiro atoms. The van der Waals surface area contributed by atoms with Crippen molar-refractivity contribution in [1.29, 1.82) is 0 Å². The lowest BCUT2D eigenvalue weighted by Crippen LogP contribution is -2.56. The molecule has 0 aliphatic carbocycles. The highest BCUT2D eigenvalue weighted by atomic mass is 19.4. The van der Waals surface area contributed by atoms with Crippen molar-refractivity contribution in [3.63, 3.8) is 0 Å². The smallest absolute Gasteiger partial charge is 0.316 e. The largest absolute Gasteiger partial charge is 0.471 e. The number of hydrogen-bond donors (Lipinski definition) is 0. The quantitative estimate of drug-likeness (QED) is 0.515. The Morgan fingerprint density at radius 1 is 1.20 bits per heavy atom. The Kier molecular flexibility index (Phi) is 2.69. The highest BCUT2D eigenvalue weighted by molar-refractivity contribution is 6.02. The number of nitrogens with zero attached hydrogens (tertiary/aromatic N) is 2. The predicted molar refractivity (Wildman–Crippen MR) is 40.4 cm³/mol. The molecule has 0 aromatic rings. The molecule has 0 aromatic carbocycles. The molecule has 0 N–H and O–H groups in total. The van der Waals surface area contributed by atoms with E-state index in [9.17, 15) is 27.6 Å². The van der Waals surface area contributed by atoms with Gasteiger partial charge in [-0.05, 0) is 0 Å². The third kappa shape index (κ3) is 2.25. The normalized spacial score (nSPS) is 18.4. The minimum atomic E-state index is -5.06. The monoisotopic (exact) mass is 224 g/mol. The molecule has 1 saturated heterocycles. The van der Waals surface area contributed by atoms with Crippen molar-refractivity contribution in [3.05, 3.63) is 0 Å². The summed E-state index contributed by atoms with van der Waals surface area (Å²) in [5.74, 6) is -3.83. The molecule has 8 heteroatoms. The summed E-state index contributed by atoms with van der Waals surface area (Å²) in [7, 11) is 1.15. The van der Waals surface area contributed by atoms with Gasteiger partial charge in [0.1, 0.15) is 13.1 Å². The number of rotatable bonds is 0. The van der Waals surface area contributed by atoms with Gasteiger partial charge in [0.25, 0.3) is 0 Å². The third-order valence-electron chi connectivity index (χ3n) is 1.93. The summed E-state index contributed by atoms with van der Waals surface area (Å²) in [5.41, 5.74) is 0. The first kappa shape index (κ1) is 11.5. The number of imide groups is 1. The van der Waals surface area contributed by atoms with E-state index in [-0.39, 0.29) is 4.90 Å². The Balaban J connectivity index is 2.79. The number of halogens is 3. The van der Waals surface area contributed by atoms with Crippen molar-refractivity contribution in [2.24, 2.45) is 0 Å². The third-order valence-corrected chi connectivity index (χ3v) is 1.93. The van der Waals surface area contributed by atoms with Gasteiger partial charge in [0.15, 0.2) is 0 Å². The highest BCUT2D eigenvalue weighted by Gasteiger charge is 2.45. The maximum absolute atomic E-state index is 12.0. The lowest BCUT2D eigenvalue weighted by Gasteiger charge is -2.30. The summed E-state index contributed by atoms with van der Waals surface area (Å²) in [6.45, 7) is -1.44. The number of amides is 3. The van der Waals surface area contributed by atoms with Crippen molar-refractivity contribution in [1.82, 2.24) is 9.80 Å². The molecular weight excluding hydrogens is 217 g/mol. The molecule has 0 bridgehead atoms. The molecule has 1 heterocycles. The molecule has 1 rings (SSSR count). The van der Waals surface area contributed by atoms with E-state index in [0.717, 1.165) is 7.05 Å². The minimum absolute atomic E-state index is 0.185. The first-order valence-electron chi connectivity index (χ1n) is 3.89. The molecule has 0 saturated carbocycles. The molecule has 0 radical (unpaired) electrons. The van der Waals surface area contributed by atoms with Gasteiger partial charge in [0.2, 0.25) is 11.8 Å². The van der Waals surface area contributed by atoms with Gasteiger partial charge in [-0.15, -0.1) is 0 Å². The van der Waals surface area contributed by atoms with E-state index < -0.39 is 37.0 Å². The summed E-state index contributed by atoms with van der Waals surface area (Å²) in [4.78, 5) is 33.6.